The summed E-state index contributed by atoms with van der Waals surface area (Å²) in [6.45, 7) is 0.478. The highest BCUT2D eigenvalue weighted by molar-refractivity contribution is 15.0. The smallest absolute Gasteiger partial charge is 0.195 e. The van der Waals surface area contributed by atoms with Gasteiger partial charge in [-0.2, -0.15) is 0 Å². The molecule has 0 spiro atoms. The summed E-state index contributed by atoms with van der Waals surface area (Å²) in [5.41, 5.74) is 2.28. The van der Waals surface area contributed by atoms with E-state index in [1.807, 2.05) is 85.7 Å². The molecule has 0 saturated carbocycles. The molecule has 0 N–H and O–H groups in total. The Morgan fingerprint density at radius 2 is 1.44 bits per heavy atom. The van der Waals surface area contributed by atoms with Crippen LogP contribution >= 0.6 is 48.6 Å². The van der Waals surface area contributed by atoms with Crippen LogP contribution in [0.5, 0.6) is 17.2 Å². The molecule has 0 aliphatic rings. The van der Waals surface area contributed by atoms with Crippen LogP contribution in [-0.4, -0.2) is 45.7 Å². The monoisotopic (exact) mass is 701 g/mol. The number of carbonyl (C=O) groups is 1. The normalized spacial score (nSPS) is 10.6. The highest BCUT2D eigenvalue weighted by Crippen LogP contribution is 2.41. The third-order valence-corrected chi connectivity index (χ3v) is 6.28. The van der Waals surface area contributed by atoms with E-state index in [1.54, 1.807) is 25.6 Å². The Morgan fingerprint density at radius 1 is 0.853 bits per heavy atom. The SMILES string of the molecule is COc1ccc(-c2sc3cc(OC)ccc3c2C(=O)c2ccc(OCN(C)C)cc2)cc1.II. The molecule has 0 bridgehead atoms. The fraction of sp³-hybridized carbons (Fsp3) is 0.192. The first-order valence-corrected chi connectivity index (χ1v) is 17.4. The van der Waals surface area contributed by atoms with E-state index >= 15 is 0 Å². The van der Waals surface area contributed by atoms with E-state index in [9.17, 15) is 4.79 Å². The Bertz CT molecular complexity index is 1240. The first kappa shape index (κ1) is 26.7. The van der Waals surface area contributed by atoms with Crippen molar-refractivity contribution in [2.45, 2.75) is 0 Å². The summed E-state index contributed by atoms with van der Waals surface area (Å²) in [6, 6.07) is 20.9. The molecule has 178 valence electrons. The second-order valence-electron chi connectivity index (χ2n) is 7.60. The van der Waals surface area contributed by atoms with Gasteiger partial charge in [-0.05, 0) is 86.4 Å². The number of rotatable bonds is 8. The van der Waals surface area contributed by atoms with Gasteiger partial charge in [-0.25, -0.2) is 0 Å². The first-order valence-electron chi connectivity index (χ1n) is 10.3. The van der Waals surface area contributed by atoms with Gasteiger partial charge >= 0.3 is 0 Å². The number of methoxy groups -OCH3 is 2. The van der Waals surface area contributed by atoms with Gasteiger partial charge in [0.25, 0.3) is 0 Å². The highest BCUT2D eigenvalue weighted by atomic mass is 128. The average Bonchev–Trinajstić information content (AvgIpc) is 3.27. The lowest BCUT2D eigenvalue weighted by Crippen LogP contribution is -2.18. The number of nitrogens with zero attached hydrogens (tertiary/aromatic N) is 1. The summed E-state index contributed by atoms with van der Waals surface area (Å²) in [7, 11) is 7.16. The van der Waals surface area contributed by atoms with Gasteiger partial charge in [-0.3, -0.25) is 9.69 Å². The van der Waals surface area contributed by atoms with E-state index in [1.165, 1.54) is 0 Å². The van der Waals surface area contributed by atoms with Crippen LogP contribution in [0.3, 0.4) is 0 Å². The molecule has 0 radical (unpaired) electrons. The van der Waals surface area contributed by atoms with Crippen molar-refractivity contribution >= 4 is 64.4 Å². The number of halogens is 2. The quantitative estimate of drug-likeness (QED) is 0.108. The van der Waals surface area contributed by atoms with Gasteiger partial charge in [0.15, 0.2) is 5.78 Å². The van der Waals surface area contributed by atoms with Gasteiger partial charge < -0.3 is 14.2 Å². The highest BCUT2D eigenvalue weighted by Gasteiger charge is 2.22. The summed E-state index contributed by atoms with van der Waals surface area (Å²) >= 11 is 5.83. The largest absolute Gasteiger partial charge is 0.497 e. The third-order valence-electron chi connectivity index (χ3n) is 5.08. The Balaban J connectivity index is 0.00000158. The maximum Gasteiger partial charge on any atom is 0.195 e. The van der Waals surface area contributed by atoms with Crippen molar-refractivity contribution in [3.63, 3.8) is 0 Å². The average molecular weight is 701 g/mol. The minimum atomic E-state index is -0.0219. The van der Waals surface area contributed by atoms with Crippen LogP contribution in [0.4, 0.5) is 0 Å². The predicted octanol–water partition coefficient (Wildman–Crippen LogP) is 7.49. The van der Waals surface area contributed by atoms with Crippen LogP contribution in [0.1, 0.15) is 15.9 Å². The van der Waals surface area contributed by atoms with Gasteiger partial charge in [-0.1, -0.05) is 0 Å². The zero-order chi connectivity index (χ0) is 24.7. The minimum Gasteiger partial charge on any atom is -0.497 e. The Morgan fingerprint density at radius 3 is 2.03 bits per heavy atom. The van der Waals surface area contributed by atoms with Gasteiger partial charge in [0.1, 0.15) is 24.0 Å². The number of thiophene rings is 1. The molecule has 0 fully saturated rings. The predicted molar refractivity (Wildman–Crippen MR) is 157 cm³/mol. The number of carbonyl (C=O) groups excluding carboxylic acids is 1. The van der Waals surface area contributed by atoms with E-state index in [0.29, 0.717) is 17.9 Å². The fourth-order valence-corrected chi connectivity index (χ4v) is 4.66. The third kappa shape index (κ3) is 6.21. The van der Waals surface area contributed by atoms with E-state index in [2.05, 4.69) is 37.2 Å². The molecule has 34 heavy (non-hydrogen) atoms. The molecule has 0 amide bonds. The maximum atomic E-state index is 13.7. The van der Waals surface area contributed by atoms with Crippen molar-refractivity contribution in [1.82, 2.24) is 4.90 Å². The van der Waals surface area contributed by atoms with Crippen LogP contribution in [0.15, 0.2) is 66.7 Å². The molecular weight excluding hydrogens is 676 g/mol. The second kappa shape index (κ2) is 12.7. The molecule has 3 aromatic carbocycles. The summed E-state index contributed by atoms with van der Waals surface area (Å²) in [4.78, 5) is 16.5. The molecule has 0 aliphatic heterocycles. The molecule has 8 heteroatoms. The number of ether oxygens (including phenoxy) is 3. The molecular formula is C26H25I2NO4S. The van der Waals surface area contributed by atoms with Crippen molar-refractivity contribution in [2.24, 2.45) is 0 Å². The van der Waals surface area contributed by atoms with Crippen LogP contribution in [-0.2, 0) is 0 Å². The molecule has 4 aromatic rings. The minimum absolute atomic E-state index is 0.0219. The number of ketones is 1. The van der Waals surface area contributed by atoms with Gasteiger partial charge in [0.2, 0.25) is 0 Å². The standard InChI is InChI=1S/C26H25NO4S.I2/c1-27(2)16-31-20-11-5-17(6-12-20)25(28)24-22-14-13-21(30-4)15-23(22)32-26(24)18-7-9-19(29-3)10-8-18;1-2/h5-15H,16H2,1-4H3;. The Kier molecular flexibility index (Phi) is 9.98. The van der Waals surface area contributed by atoms with Gasteiger partial charge in [-0.15, -0.1) is 11.3 Å². The van der Waals surface area contributed by atoms with Crippen molar-refractivity contribution in [3.8, 4) is 27.7 Å². The molecule has 5 nitrogen and oxygen atoms in total. The Labute approximate surface area is 227 Å². The molecule has 0 saturated heterocycles. The fourth-order valence-electron chi connectivity index (χ4n) is 3.43. The molecule has 1 aromatic heterocycles. The van der Waals surface area contributed by atoms with E-state index in [-0.39, 0.29) is 5.78 Å². The summed E-state index contributed by atoms with van der Waals surface area (Å²) in [5.74, 6) is 2.25. The van der Waals surface area contributed by atoms with E-state index in [4.69, 9.17) is 14.2 Å². The zero-order valence-corrected chi connectivity index (χ0v) is 24.4. The van der Waals surface area contributed by atoms with Crippen molar-refractivity contribution in [3.05, 3.63) is 77.9 Å². The zero-order valence-electron chi connectivity index (χ0n) is 19.3. The van der Waals surface area contributed by atoms with Gasteiger partial charge in [0.05, 0.1) is 14.2 Å². The second-order valence-corrected chi connectivity index (χ2v) is 8.66. The number of hydrogen-bond donors (Lipinski definition) is 0. The van der Waals surface area contributed by atoms with E-state index < -0.39 is 0 Å². The lowest BCUT2D eigenvalue weighted by molar-refractivity contribution is 0.104. The van der Waals surface area contributed by atoms with Crippen molar-refractivity contribution in [2.75, 3.05) is 35.0 Å². The van der Waals surface area contributed by atoms with Gasteiger partial charge in [0, 0.05) is 63.3 Å². The number of benzene rings is 3. The molecule has 0 atom stereocenters. The molecule has 4 rings (SSSR count). The maximum absolute atomic E-state index is 13.7. The van der Waals surface area contributed by atoms with Crippen LogP contribution in [0.25, 0.3) is 20.5 Å². The van der Waals surface area contributed by atoms with Crippen molar-refractivity contribution in [1.29, 1.82) is 0 Å². The summed E-state index contributed by atoms with van der Waals surface area (Å²) in [6.07, 6.45) is 0. The molecule has 0 aliphatic carbocycles. The summed E-state index contributed by atoms with van der Waals surface area (Å²) < 4.78 is 17.4. The lowest BCUT2D eigenvalue weighted by atomic mass is 9.97. The van der Waals surface area contributed by atoms with Crippen LogP contribution < -0.4 is 14.2 Å². The number of hydrogen-bond acceptors (Lipinski definition) is 6. The van der Waals surface area contributed by atoms with Crippen molar-refractivity contribution < 1.29 is 19.0 Å². The molecule has 1 heterocycles. The Hall–Kier alpha value is -1.89. The van der Waals surface area contributed by atoms with Crippen LogP contribution in [0.2, 0.25) is 0 Å². The van der Waals surface area contributed by atoms with Crippen LogP contribution in [0, 0.1) is 0 Å². The number of fused-ring (bicyclic) bond motifs is 1. The first-order chi connectivity index (χ1) is 16.5. The lowest BCUT2D eigenvalue weighted by Gasteiger charge is -2.12. The van der Waals surface area contributed by atoms with E-state index in [0.717, 1.165) is 37.8 Å². The summed E-state index contributed by atoms with van der Waals surface area (Å²) in [5, 5.41) is 0.916. The molecule has 0 unspecified atom stereocenters. The topological polar surface area (TPSA) is 48.0 Å².